The molecule has 0 bridgehead atoms. The van der Waals surface area contributed by atoms with Gasteiger partial charge in [0.25, 0.3) is 5.91 Å². The summed E-state index contributed by atoms with van der Waals surface area (Å²) < 4.78 is 0. The lowest BCUT2D eigenvalue weighted by molar-refractivity contribution is 0.0948. The Hall–Kier alpha value is -2.33. The number of carbonyl (C=O) groups is 1. The molecule has 0 atom stereocenters. The van der Waals surface area contributed by atoms with Gasteiger partial charge in [0.05, 0.1) is 5.56 Å². The van der Waals surface area contributed by atoms with Gasteiger partial charge in [-0.25, -0.2) is 0 Å². The Balaban J connectivity index is 1.97. The molecule has 4 heteroatoms. The Labute approximate surface area is 131 Å². The van der Waals surface area contributed by atoms with Crippen molar-refractivity contribution in [3.8, 4) is 5.75 Å². The minimum atomic E-state index is -0.265. The van der Waals surface area contributed by atoms with Crippen LogP contribution >= 0.6 is 0 Å². The summed E-state index contributed by atoms with van der Waals surface area (Å²) in [5, 5.41) is 12.6. The minimum absolute atomic E-state index is 0.00410. The van der Waals surface area contributed by atoms with Crippen molar-refractivity contribution in [1.29, 1.82) is 0 Å². The highest BCUT2D eigenvalue weighted by molar-refractivity contribution is 5.96. The summed E-state index contributed by atoms with van der Waals surface area (Å²) >= 11 is 0. The third kappa shape index (κ3) is 4.33. The number of phenolic OH excluding ortho intramolecular Hbond substituents is 1. The van der Waals surface area contributed by atoms with E-state index in [2.05, 4.69) is 22.3 Å². The fraction of sp³-hybridized carbons (Fsp3) is 0.278. The average molecular weight is 298 g/mol. The van der Waals surface area contributed by atoms with E-state index >= 15 is 0 Å². The number of aromatic hydroxyl groups is 1. The maximum absolute atomic E-state index is 12.1. The number of rotatable bonds is 5. The van der Waals surface area contributed by atoms with Crippen molar-refractivity contribution in [2.45, 2.75) is 20.0 Å². The van der Waals surface area contributed by atoms with Gasteiger partial charge in [-0.05, 0) is 44.3 Å². The lowest BCUT2D eigenvalue weighted by Crippen LogP contribution is -2.23. The molecule has 2 aromatic carbocycles. The maximum Gasteiger partial charge on any atom is 0.255 e. The van der Waals surface area contributed by atoms with Gasteiger partial charge in [0.2, 0.25) is 0 Å². The van der Waals surface area contributed by atoms with E-state index in [4.69, 9.17) is 0 Å². The first-order chi connectivity index (χ1) is 10.5. The molecule has 2 N–H and O–H groups in total. The molecule has 2 aromatic rings. The Kier molecular flexibility index (Phi) is 5.17. The summed E-state index contributed by atoms with van der Waals surface area (Å²) in [6.45, 7) is 3.22. The van der Waals surface area contributed by atoms with Gasteiger partial charge in [0.1, 0.15) is 5.75 Å². The predicted molar refractivity (Wildman–Crippen MR) is 87.8 cm³/mol. The highest BCUT2D eigenvalue weighted by atomic mass is 16.3. The smallest absolute Gasteiger partial charge is 0.255 e. The molecule has 0 aromatic heterocycles. The van der Waals surface area contributed by atoms with Crippen LogP contribution in [0.3, 0.4) is 0 Å². The molecule has 0 heterocycles. The Morgan fingerprint density at radius 3 is 2.36 bits per heavy atom. The van der Waals surface area contributed by atoms with Crippen LogP contribution in [0.4, 0.5) is 0 Å². The van der Waals surface area contributed by atoms with Crippen molar-refractivity contribution in [3.05, 3.63) is 64.7 Å². The number of nitrogens with zero attached hydrogens (tertiary/aromatic N) is 1. The van der Waals surface area contributed by atoms with Gasteiger partial charge in [-0.3, -0.25) is 4.79 Å². The molecule has 0 aliphatic heterocycles. The Bertz CT molecular complexity index is 649. The second-order valence-corrected chi connectivity index (χ2v) is 5.76. The van der Waals surface area contributed by atoms with Crippen molar-refractivity contribution in [2.75, 3.05) is 14.1 Å². The van der Waals surface area contributed by atoms with Gasteiger partial charge in [0.15, 0.2) is 0 Å². The first-order valence-electron chi connectivity index (χ1n) is 7.26. The molecule has 0 spiro atoms. The van der Waals surface area contributed by atoms with Gasteiger partial charge < -0.3 is 15.3 Å². The number of nitrogens with one attached hydrogen (secondary N) is 1. The molecule has 116 valence electrons. The fourth-order valence-corrected chi connectivity index (χ4v) is 2.24. The molecule has 0 saturated heterocycles. The van der Waals surface area contributed by atoms with Crippen LogP contribution in [0.25, 0.3) is 0 Å². The fourth-order valence-electron chi connectivity index (χ4n) is 2.24. The summed E-state index contributed by atoms with van der Waals surface area (Å²) in [7, 11) is 4.06. The van der Waals surface area contributed by atoms with Crippen LogP contribution in [0, 0.1) is 6.92 Å². The van der Waals surface area contributed by atoms with Crippen LogP contribution in [-0.4, -0.2) is 30.0 Å². The molecule has 0 saturated carbocycles. The van der Waals surface area contributed by atoms with Crippen LogP contribution in [0.2, 0.25) is 0 Å². The minimum Gasteiger partial charge on any atom is -0.507 e. The van der Waals surface area contributed by atoms with Crippen LogP contribution < -0.4 is 5.32 Å². The van der Waals surface area contributed by atoms with Gasteiger partial charge in [-0.15, -0.1) is 0 Å². The van der Waals surface area contributed by atoms with Gasteiger partial charge in [0, 0.05) is 13.1 Å². The molecule has 0 radical (unpaired) electrons. The van der Waals surface area contributed by atoms with E-state index in [9.17, 15) is 9.90 Å². The van der Waals surface area contributed by atoms with E-state index in [0.717, 1.165) is 17.7 Å². The number of carbonyl (C=O) groups excluding carboxylic acids is 1. The van der Waals surface area contributed by atoms with E-state index in [1.165, 1.54) is 5.56 Å². The quantitative estimate of drug-likeness (QED) is 0.892. The van der Waals surface area contributed by atoms with Crippen LogP contribution in [0.5, 0.6) is 5.75 Å². The zero-order chi connectivity index (χ0) is 16.1. The van der Waals surface area contributed by atoms with Crippen LogP contribution in [0.1, 0.15) is 27.0 Å². The monoisotopic (exact) mass is 298 g/mol. The first kappa shape index (κ1) is 16.0. The number of aryl methyl sites for hydroxylation is 1. The van der Waals surface area contributed by atoms with E-state index < -0.39 is 0 Å². The molecule has 2 rings (SSSR count). The number of hydrogen-bond acceptors (Lipinski definition) is 3. The van der Waals surface area contributed by atoms with Crippen molar-refractivity contribution in [3.63, 3.8) is 0 Å². The molecule has 0 fully saturated rings. The number of benzene rings is 2. The molecule has 0 aliphatic rings. The second-order valence-electron chi connectivity index (χ2n) is 5.76. The van der Waals surface area contributed by atoms with Crippen molar-refractivity contribution in [1.82, 2.24) is 10.2 Å². The number of amides is 1. The van der Waals surface area contributed by atoms with E-state index in [0.29, 0.717) is 12.1 Å². The lowest BCUT2D eigenvalue weighted by atomic mass is 10.1. The molecular formula is C18H22N2O2. The van der Waals surface area contributed by atoms with E-state index in [1.807, 2.05) is 33.2 Å². The van der Waals surface area contributed by atoms with Gasteiger partial charge in [-0.2, -0.15) is 0 Å². The first-order valence-corrected chi connectivity index (χ1v) is 7.26. The zero-order valence-corrected chi connectivity index (χ0v) is 13.3. The lowest BCUT2D eigenvalue weighted by Gasteiger charge is -2.11. The summed E-state index contributed by atoms with van der Waals surface area (Å²) in [5.41, 5.74) is 3.51. The molecular weight excluding hydrogens is 276 g/mol. The van der Waals surface area contributed by atoms with Crippen molar-refractivity contribution >= 4 is 5.91 Å². The summed E-state index contributed by atoms with van der Waals surface area (Å²) in [5.74, 6) is -0.261. The zero-order valence-electron chi connectivity index (χ0n) is 13.3. The largest absolute Gasteiger partial charge is 0.507 e. The summed E-state index contributed by atoms with van der Waals surface area (Å²) in [4.78, 5) is 14.2. The average Bonchev–Trinajstić information content (AvgIpc) is 2.48. The maximum atomic E-state index is 12.1. The predicted octanol–water partition coefficient (Wildman–Crippen LogP) is 2.69. The Morgan fingerprint density at radius 2 is 1.73 bits per heavy atom. The molecule has 22 heavy (non-hydrogen) atoms. The normalized spacial score (nSPS) is 10.7. The van der Waals surface area contributed by atoms with Crippen LogP contribution in [0.15, 0.2) is 42.5 Å². The van der Waals surface area contributed by atoms with E-state index in [1.54, 1.807) is 18.2 Å². The second kappa shape index (κ2) is 7.09. The molecule has 4 nitrogen and oxygen atoms in total. The summed E-state index contributed by atoms with van der Waals surface area (Å²) in [6, 6.07) is 13.1. The van der Waals surface area contributed by atoms with Crippen molar-refractivity contribution < 1.29 is 9.90 Å². The van der Waals surface area contributed by atoms with Crippen molar-refractivity contribution in [2.24, 2.45) is 0 Å². The molecule has 0 aliphatic carbocycles. The van der Waals surface area contributed by atoms with E-state index in [-0.39, 0.29) is 11.7 Å². The standard InChI is InChI=1S/C18H22N2O2/c1-13-4-9-17(21)16(10-13)18(22)19-11-14-5-7-15(8-6-14)12-20(2)3/h4-10,21H,11-12H2,1-3H3,(H,19,22). The number of phenols is 1. The van der Waals surface area contributed by atoms with Crippen LogP contribution in [-0.2, 0) is 13.1 Å². The molecule has 1 amide bonds. The molecule has 0 unspecified atom stereocenters. The highest BCUT2D eigenvalue weighted by Gasteiger charge is 2.10. The SMILES string of the molecule is Cc1ccc(O)c(C(=O)NCc2ccc(CN(C)C)cc2)c1. The summed E-state index contributed by atoms with van der Waals surface area (Å²) in [6.07, 6.45) is 0. The van der Waals surface area contributed by atoms with Gasteiger partial charge in [-0.1, -0.05) is 35.9 Å². The number of hydrogen-bond donors (Lipinski definition) is 2. The third-order valence-electron chi connectivity index (χ3n) is 3.37. The third-order valence-corrected chi connectivity index (χ3v) is 3.37. The Morgan fingerprint density at radius 1 is 1.09 bits per heavy atom. The van der Waals surface area contributed by atoms with Gasteiger partial charge >= 0.3 is 0 Å². The highest BCUT2D eigenvalue weighted by Crippen LogP contribution is 2.18. The topological polar surface area (TPSA) is 52.6 Å².